The van der Waals surface area contributed by atoms with Crippen LogP contribution in [0.2, 0.25) is 0 Å². The number of carbonyl (C=O) groups is 1. The second kappa shape index (κ2) is 11.7. The van der Waals surface area contributed by atoms with Crippen LogP contribution >= 0.6 is 0 Å². The Morgan fingerprint density at radius 2 is 1.70 bits per heavy atom. The fraction of sp³-hybridized carbons (Fsp3) is 0.833. The van der Waals surface area contributed by atoms with Crippen LogP contribution in [0.1, 0.15) is 113 Å². The van der Waals surface area contributed by atoms with Gasteiger partial charge in [-0.3, -0.25) is 4.79 Å². The van der Waals surface area contributed by atoms with Crippen LogP contribution in [-0.4, -0.2) is 28.2 Å². The molecular weight excluding hydrogens is 408 g/mol. The molecule has 0 aromatic carbocycles. The molecule has 33 heavy (non-hydrogen) atoms. The summed E-state index contributed by atoms with van der Waals surface area (Å²) in [7, 11) is 0. The minimum atomic E-state index is -0.492. The monoisotopic (exact) mass is 460 g/mol. The van der Waals surface area contributed by atoms with Gasteiger partial charge in [0.15, 0.2) is 0 Å². The first-order valence-corrected chi connectivity index (χ1v) is 13.9. The fourth-order valence-corrected chi connectivity index (χ4v) is 7.97. The molecule has 8 atom stereocenters. The van der Waals surface area contributed by atoms with E-state index in [-0.39, 0.29) is 17.3 Å². The predicted molar refractivity (Wildman–Crippen MR) is 139 cm³/mol. The van der Waals surface area contributed by atoms with Crippen LogP contribution < -0.4 is 0 Å². The molecule has 3 saturated carbocycles. The molecule has 4 rings (SSSR count). The Labute approximate surface area is 204 Å². The van der Waals surface area contributed by atoms with Crippen molar-refractivity contribution in [2.45, 2.75) is 125 Å². The molecule has 0 amide bonds. The first-order valence-electron chi connectivity index (χ1n) is 13.9. The van der Waals surface area contributed by atoms with Gasteiger partial charge in [-0.15, -0.1) is 0 Å². The van der Waals surface area contributed by atoms with E-state index in [2.05, 4.69) is 32.9 Å². The number of carbonyl (C=O) groups excluding carboxylic acids is 1. The zero-order chi connectivity index (χ0) is 25.0. The molecule has 0 radical (unpaired) electrons. The Morgan fingerprint density at radius 1 is 1.03 bits per heavy atom. The van der Waals surface area contributed by atoms with E-state index >= 15 is 0 Å². The van der Waals surface area contributed by atoms with Gasteiger partial charge < -0.3 is 10.2 Å². The van der Waals surface area contributed by atoms with Gasteiger partial charge in [-0.1, -0.05) is 71.8 Å². The molecule has 0 aromatic rings. The standard InChI is InChI=1S/C26H40O3.2C2H6/c1-16(13-20(29)14-17(2)27)22-7-8-23-21-6-5-18-15-19(28)9-11-25(18,3)24(21)10-12-26(22,23)4;2*1-2/h5-6,16,19-20,22-24,28-29H,7-15H2,1-4H3;2*1-2H3. The second-order valence-electron chi connectivity index (χ2n) is 11.3. The van der Waals surface area contributed by atoms with Crippen molar-refractivity contribution in [1.29, 1.82) is 0 Å². The molecule has 0 bridgehead atoms. The van der Waals surface area contributed by atoms with Crippen molar-refractivity contribution in [3.05, 3.63) is 23.3 Å². The molecule has 0 heterocycles. The average molecular weight is 461 g/mol. The minimum absolute atomic E-state index is 0.0847. The van der Waals surface area contributed by atoms with E-state index in [1.165, 1.54) is 31.3 Å². The Kier molecular flexibility index (Phi) is 10.0. The number of aliphatic hydroxyl groups excluding tert-OH is 2. The summed E-state index contributed by atoms with van der Waals surface area (Å²) in [6, 6.07) is 0. The average Bonchev–Trinajstić information content (AvgIpc) is 3.14. The molecule has 3 heteroatoms. The van der Waals surface area contributed by atoms with E-state index in [0.717, 1.165) is 25.7 Å². The van der Waals surface area contributed by atoms with Crippen molar-refractivity contribution in [3.8, 4) is 0 Å². The van der Waals surface area contributed by atoms with Gasteiger partial charge in [-0.05, 0) is 92.8 Å². The van der Waals surface area contributed by atoms with Gasteiger partial charge in [0.25, 0.3) is 0 Å². The zero-order valence-electron chi connectivity index (χ0n) is 22.8. The Hall–Kier alpha value is -0.930. The Bertz CT molecular complexity index is 722. The van der Waals surface area contributed by atoms with Crippen LogP contribution in [0.15, 0.2) is 23.3 Å². The van der Waals surface area contributed by atoms with Crippen LogP contribution in [0.4, 0.5) is 0 Å². The third kappa shape index (κ3) is 5.50. The molecule has 3 fully saturated rings. The molecule has 0 aromatic heterocycles. The van der Waals surface area contributed by atoms with Crippen LogP contribution in [0.25, 0.3) is 0 Å². The fourth-order valence-electron chi connectivity index (χ4n) is 7.97. The molecule has 0 saturated heterocycles. The Balaban J connectivity index is 0.000000914. The van der Waals surface area contributed by atoms with Gasteiger partial charge in [-0.2, -0.15) is 0 Å². The maximum atomic E-state index is 11.4. The largest absolute Gasteiger partial charge is 0.393 e. The van der Waals surface area contributed by atoms with Crippen molar-refractivity contribution in [2.24, 2.45) is 34.5 Å². The van der Waals surface area contributed by atoms with Crippen molar-refractivity contribution in [3.63, 3.8) is 0 Å². The van der Waals surface area contributed by atoms with E-state index in [9.17, 15) is 15.0 Å². The van der Waals surface area contributed by atoms with Gasteiger partial charge in [0.1, 0.15) is 5.78 Å². The second-order valence-corrected chi connectivity index (χ2v) is 11.3. The third-order valence-electron chi connectivity index (χ3n) is 9.47. The van der Waals surface area contributed by atoms with Crippen molar-refractivity contribution in [2.75, 3.05) is 0 Å². The van der Waals surface area contributed by atoms with Crippen LogP contribution in [0.3, 0.4) is 0 Å². The highest BCUT2D eigenvalue weighted by molar-refractivity contribution is 5.75. The number of hydrogen-bond donors (Lipinski definition) is 2. The molecule has 4 aliphatic rings. The number of ketones is 1. The highest BCUT2D eigenvalue weighted by Gasteiger charge is 2.57. The van der Waals surface area contributed by atoms with Crippen LogP contribution in [-0.2, 0) is 4.79 Å². The van der Waals surface area contributed by atoms with E-state index in [0.29, 0.717) is 35.5 Å². The lowest BCUT2D eigenvalue weighted by Crippen LogP contribution is -2.46. The maximum Gasteiger partial charge on any atom is 0.132 e. The summed E-state index contributed by atoms with van der Waals surface area (Å²) in [5, 5.41) is 20.5. The number of fused-ring (bicyclic) bond motifs is 5. The molecule has 0 spiro atoms. The lowest BCUT2D eigenvalue weighted by atomic mass is 9.50. The summed E-state index contributed by atoms with van der Waals surface area (Å²) in [4.78, 5) is 11.4. The summed E-state index contributed by atoms with van der Waals surface area (Å²) in [6.07, 6.45) is 13.1. The summed E-state index contributed by atoms with van der Waals surface area (Å²) in [5.41, 5.74) is 3.71. The van der Waals surface area contributed by atoms with Crippen molar-refractivity contribution >= 4 is 5.78 Å². The van der Waals surface area contributed by atoms with Crippen molar-refractivity contribution < 1.29 is 15.0 Å². The van der Waals surface area contributed by atoms with Crippen molar-refractivity contribution in [1.82, 2.24) is 0 Å². The van der Waals surface area contributed by atoms with Gasteiger partial charge in [0, 0.05) is 6.42 Å². The number of rotatable bonds is 5. The normalized spacial score (nSPS) is 38.5. The van der Waals surface area contributed by atoms with Gasteiger partial charge in [-0.25, -0.2) is 0 Å². The first kappa shape index (κ1) is 28.3. The lowest BCUT2D eigenvalue weighted by molar-refractivity contribution is -0.119. The van der Waals surface area contributed by atoms with E-state index in [4.69, 9.17) is 0 Å². The summed E-state index contributed by atoms with van der Waals surface area (Å²) >= 11 is 0. The highest BCUT2D eigenvalue weighted by atomic mass is 16.3. The van der Waals surface area contributed by atoms with E-state index < -0.39 is 6.10 Å². The minimum Gasteiger partial charge on any atom is -0.393 e. The lowest BCUT2D eigenvalue weighted by Gasteiger charge is -2.55. The molecule has 0 aliphatic heterocycles. The van der Waals surface area contributed by atoms with E-state index in [1.54, 1.807) is 12.5 Å². The molecule has 190 valence electrons. The maximum absolute atomic E-state index is 11.4. The van der Waals surface area contributed by atoms with Gasteiger partial charge >= 0.3 is 0 Å². The predicted octanol–water partition coefficient (Wildman–Crippen LogP) is 7.27. The molecule has 3 nitrogen and oxygen atoms in total. The number of hydrogen-bond acceptors (Lipinski definition) is 3. The highest BCUT2D eigenvalue weighted by Crippen LogP contribution is 2.66. The molecule has 2 N–H and O–H groups in total. The first-order chi connectivity index (χ1) is 15.6. The van der Waals surface area contributed by atoms with Gasteiger partial charge in [0.2, 0.25) is 0 Å². The topological polar surface area (TPSA) is 57.5 Å². The molecule has 8 unspecified atom stereocenters. The van der Waals surface area contributed by atoms with E-state index in [1.807, 2.05) is 27.7 Å². The summed E-state index contributed by atoms with van der Waals surface area (Å²) < 4.78 is 0. The third-order valence-corrected chi connectivity index (χ3v) is 9.47. The number of aliphatic hydroxyl groups is 2. The van der Waals surface area contributed by atoms with Crippen LogP contribution in [0.5, 0.6) is 0 Å². The summed E-state index contributed by atoms with van der Waals surface area (Å²) in [5.74, 6) is 2.46. The summed E-state index contributed by atoms with van der Waals surface area (Å²) in [6.45, 7) is 16.8. The van der Waals surface area contributed by atoms with Crippen LogP contribution in [0, 0.1) is 34.5 Å². The number of Topliss-reactive ketones (excluding diaryl/α,β-unsaturated/α-hetero) is 1. The zero-order valence-corrected chi connectivity index (χ0v) is 22.8. The molecule has 4 aliphatic carbocycles. The number of allylic oxidation sites excluding steroid dienone is 3. The SMILES string of the molecule is CC.CC.CC(=O)CC(O)CC(C)C1CCC2C3=CC=C4CC(O)CCC4(C)C3CCC21C. The van der Waals surface area contributed by atoms with Gasteiger partial charge in [0.05, 0.1) is 12.2 Å². The molecular formula is C30H52O3. The quantitative estimate of drug-likeness (QED) is 0.454. The smallest absolute Gasteiger partial charge is 0.132 e. The Morgan fingerprint density at radius 3 is 2.33 bits per heavy atom.